The predicted molar refractivity (Wildman–Crippen MR) is 41.1 cm³/mol. The molecule has 0 spiro atoms. The number of rotatable bonds is 4. The van der Waals surface area contributed by atoms with Crippen LogP contribution in [0.1, 0.15) is 27.2 Å². The van der Waals surface area contributed by atoms with Gasteiger partial charge in [-0.2, -0.15) is 17.6 Å². The molecule has 0 aliphatic rings. The lowest BCUT2D eigenvalue weighted by Gasteiger charge is -2.24. The van der Waals surface area contributed by atoms with Gasteiger partial charge in [-0.1, -0.05) is 6.92 Å². The van der Waals surface area contributed by atoms with Crippen molar-refractivity contribution in [2.24, 2.45) is 5.41 Å². The third kappa shape index (κ3) is 3.16. The molecular formula is C8H12F4O2. The molecule has 6 heteroatoms. The van der Waals surface area contributed by atoms with E-state index < -0.39 is 23.9 Å². The molecule has 0 amide bonds. The highest BCUT2D eigenvalue weighted by Gasteiger charge is 2.47. The zero-order chi connectivity index (χ0) is 11.6. The van der Waals surface area contributed by atoms with Crippen LogP contribution < -0.4 is 0 Å². The molecule has 0 atom stereocenters. The van der Waals surface area contributed by atoms with Gasteiger partial charge in [-0.3, -0.25) is 4.79 Å². The summed E-state index contributed by atoms with van der Waals surface area (Å²) in [5.41, 5.74) is -1.18. The largest absolute Gasteiger partial charge is 0.463 e. The summed E-state index contributed by atoms with van der Waals surface area (Å²) in [6.45, 7) is 4.26. The van der Waals surface area contributed by atoms with Crippen molar-refractivity contribution in [2.75, 3.05) is 0 Å². The molecule has 0 aromatic carbocycles. The molecule has 0 aromatic rings. The normalized spacial score (nSPS) is 13.1. The van der Waals surface area contributed by atoms with Gasteiger partial charge in [0, 0.05) is 0 Å². The Morgan fingerprint density at radius 3 is 2.07 bits per heavy atom. The molecule has 0 saturated carbocycles. The Hall–Kier alpha value is -0.810. The molecule has 0 aliphatic carbocycles. The van der Waals surface area contributed by atoms with Gasteiger partial charge in [-0.05, 0) is 20.3 Å². The van der Waals surface area contributed by atoms with Crippen molar-refractivity contribution < 1.29 is 27.1 Å². The number of ether oxygens (including phenoxy) is 1. The summed E-state index contributed by atoms with van der Waals surface area (Å²) in [4.78, 5) is 11.0. The Morgan fingerprint density at radius 1 is 1.36 bits per heavy atom. The van der Waals surface area contributed by atoms with Gasteiger partial charge < -0.3 is 4.74 Å². The van der Waals surface area contributed by atoms with Crippen molar-refractivity contribution in [3.8, 4) is 0 Å². The number of alkyl halides is 4. The Morgan fingerprint density at radius 2 is 1.79 bits per heavy atom. The molecule has 0 rings (SSSR count). The minimum Gasteiger partial charge on any atom is -0.396 e. The lowest BCUT2D eigenvalue weighted by atomic mass is 9.91. The number of hydrogen-bond acceptors (Lipinski definition) is 2. The number of carbonyl (C=O) groups is 1. The second kappa shape index (κ2) is 4.14. The van der Waals surface area contributed by atoms with Crippen molar-refractivity contribution in [2.45, 2.75) is 39.7 Å². The Kier molecular flexibility index (Phi) is 3.91. The monoisotopic (exact) mass is 216 g/mol. The first-order chi connectivity index (χ1) is 6.13. The van der Waals surface area contributed by atoms with Crippen LogP contribution in [0.25, 0.3) is 0 Å². The summed E-state index contributed by atoms with van der Waals surface area (Å²) >= 11 is 0. The minimum absolute atomic E-state index is 0.227. The summed E-state index contributed by atoms with van der Waals surface area (Å²) in [7, 11) is 0. The smallest absolute Gasteiger partial charge is 0.396 e. The van der Waals surface area contributed by atoms with Crippen LogP contribution in [0.4, 0.5) is 17.6 Å². The molecule has 84 valence electrons. The van der Waals surface area contributed by atoms with E-state index in [1.807, 2.05) is 0 Å². The van der Waals surface area contributed by atoms with Crippen LogP contribution in [0.5, 0.6) is 0 Å². The average molecular weight is 216 g/mol. The molecule has 0 unspecified atom stereocenters. The van der Waals surface area contributed by atoms with Gasteiger partial charge in [0.15, 0.2) is 0 Å². The van der Waals surface area contributed by atoms with Gasteiger partial charge in [-0.15, -0.1) is 0 Å². The first kappa shape index (κ1) is 13.2. The van der Waals surface area contributed by atoms with E-state index in [0.29, 0.717) is 0 Å². The second-order valence-corrected chi connectivity index (χ2v) is 3.49. The van der Waals surface area contributed by atoms with Gasteiger partial charge >= 0.3 is 18.5 Å². The van der Waals surface area contributed by atoms with Crippen molar-refractivity contribution in [3.05, 3.63) is 0 Å². The molecule has 0 N–H and O–H groups in total. The fourth-order valence-electron chi connectivity index (χ4n) is 0.451. The lowest BCUT2D eigenvalue weighted by molar-refractivity contribution is -0.289. The Bertz CT molecular complexity index is 213. The van der Waals surface area contributed by atoms with Crippen LogP contribution in [0, 0.1) is 5.41 Å². The molecule has 0 bridgehead atoms. The molecule has 0 radical (unpaired) electrons. The van der Waals surface area contributed by atoms with Crippen LogP contribution in [0.15, 0.2) is 0 Å². The third-order valence-corrected chi connectivity index (χ3v) is 1.92. The Labute approximate surface area is 79.2 Å². The van der Waals surface area contributed by atoms with Crippen LogP contribution in [-0.4, -0.2) is 18.5 Å². The van der Waals surface area contributed by atoms with E-state index in [1.165, 1.54) is 13.8 Å². The number of hydrogen-bond donors (Lipinski definition) is 0. The van der Waals surface area contributed by atoms with Crippen LogP contribution in [0.3, 0.4) is 0 Å². The van der Waals surface area contributed by atoms with E-state index >= 15 is 0 Å². The molecule has 0 aliphatic heterocycles. The summed E-state index contributed by atoms with van der Waals surface area (Å²) in [5.74, 6) is -1.33. The van der Waals surface area contributed by atoms with Gasteiger partial charge in [-0.25, -0.2) is 0 Å². The quantitative estimate of drug-likeness (QED) is 0.533. The zero-order valence-electron chi connectivity index (χ0n) is 8.11. The molecule has 0 heterocycles. The maximum atomic E-state index is 12.3. The van der Waals surface area contributed by atoms with Crippen molar-refractivity contribution in [1.82, 2.24) is 0 Å². The molecule has 14 heavy (non-hydrogen) atoms. The summed E-state index contributed by atoms with van der Waals surface area (Å²) in [6.07, 6.45) is -8.48. The maximum absolute atomic E-state index is 12.3. The fourth-order valence-corrected chi connectivity index (χ4v) is 0.451. The molecule has 0 saturated heterocycles. The highest BCUT2D eigenvalue weighted by Crippen LogP contribution is 2.30. The van der Waals surface area contributed by atoms with Gasteiger partial charge in [0.1, 0.15) is 0 Å². The maximum Gasteiger partial charge on any atom is 0.463 e. The second-order valence-electron chi connectivity index (χ2n) is 3.49. The summed E-state index contributed by atoms with van der Waals surface area (Å²) in [6, 6.07) is 0. The average Bonchev–Trinajstić information content (AvgIpc) is 2.03. The van der Waals surface area contributed by atoms with Crippen molar-refractivity contribution >= 4 is 5.97 Å². The van der Waals surface area contributed by atoms with E-state index in [9.17, 15) is 22.4 Å². The van der Waals surface area contributed by atoms with Crippen LogP contribution in [-0.2, 0) is 9.53 Å². The summed E-state index contributed by atoms with van der Waals surface area (Å²) < 4.78 is 51.2. The minimum atomic E-state index is -4.70. The zero-order valence-corrected chi connectivity index (χ0v) is 8.11. The number of halogens is 4. The number of esters is 1. The first-order valence-corrected chi connectivity index (χ1v) is 4.03. The SMILES string of the molecule is CCC(C)(C)C(=O)OC(F)(F)C(F)F. The predicted octanol–water partition coefficient (Wildman–Crippen LogP) is 2.82. The van der Waals surface area contributed by atoms with E-state index in [1.54, 1.807) is 6.92 Å². The van der Waals surface area contributed by atoms with Gasteiger partial charge in [0.25, 0.3) is 0 Å². The highest BCUT2D eigenvalue weighted by molar-refractivity contribution is 5.76. The van der Waals surface area contributed by atoms with Crippen LogP contribution in [0.2, 0.25) is 0 Å². The first-order valence-electron chi connectivity index (χ1n) is 4.03. The van der Waals surface area contributed by atoms with Gasteiger partial charge in [0.2, 0.25) is 0 Å². The van der Waals surface area contributed by atoms with Crippen LogP contribution >= 0.6 is 0 Å². The van der Waals surface area contributed by atoms with E-state index in [-0.39, 0.29) is 6.42 Å². The number of carbonyl (C=O) groups excluding carboxylic acids is 1. The van der Waals surface area contributed by atoms with E-state index in [0.717, 1.165) is 0 Å². The third-order valence-electron chi connectivity index (χ3n) is 1.92. The molecule has 0 fully saturated rings. The summed E-state index contributed by atoms with van der Waals surface area (Å²) in [5, 5.41) is 0. The van der Waals surface area contributed by atoms with Crippen molar-refractivity contribution in [3.63, 3.8) is 0 Å². The van der Waals surface area contributed by atoms with Crippen molar-refractivity contribution in [1.29, 1.82) is 0 Å². The highest BCUT2D eigenvalue weighted by atomic mass is 19.3. The molecular weight excluding hydrogens is 204 g/mol. The van der Waals surface area contributed by atoms with Gasteiger partial charge in [0.05, 0.1) is 5.41 Å². The van der Waals surface area contributed by atoms with E-state index in [4.69, 9.17) is 0 Å². The van der Waals surface area contributed by atoms with E-state index in [2.05, 4.69) is 4.74 Å². The Balaban J connectivity index is 4.48. The molecule has 0 aromatic heterocycles. The fraction of sp³-hybridized carbons (Fsp3) is 0.875. The molecule has 2 nitrogen and oxygen atoms in total. The lowest BCUT2D eigenvalue weighted by Crippen LogP contribution is -2.38. The topological polar surface area (TPSA) is 26.3 Å². The standard InChI is InChI=1S/C8H12F4O2/c1-4-7(2,3)6(13)14-8(11,12)5(9)10/h5H,4H2,1-3H3.